The molecule has 0 aliphatic carbocycles. The Morgan fingerprint density at radius 2 is 1.68 bits per heavy atom. The van der Waals surface area contributed by atoms with E-state index in [0.29, 0.717) is 5.75 Å². The lowest BCUT2D eigenvalue weighted by Crippen LogP contribution is -2.17. The summed E-state index contributed by atoms with van der Waals surface area (Å²) >= 11 is 0. The van der Waals surface area contributed by atoms with E-state index < -0.39 is 10.1 Å². The maximum Gasteiger partial charge on any atom is 0.339 e. The molecule has 22 heavy (non-hydrogen) atoms. The second-order valence-electron chi connectivity index (χ2n) is 5.56. The fraction of sp³-hybridized carbons (Fsp3) is 0.294. The molecule has 118 valence electrons. The largest absolute Gasteiger partial charge is 0.379 e. The van der Waals surface area contributed by atoms with E-state index in [4.69, 9.17) is 4.18 Å². The second kappa shape index (κ2) is 6.50. The van der Waals surface area contributed by atoms with Crippen molar-refractivity contribution < 1.29 is 12.6 Å². The summed E-state index contributed by atoms with van der Waals surface area (Å²) in [7, 11) is 0.141. The van der Waals surface area contributed by atoms with Crippen LogP contribution in [0.1, 0.15) is 24.1 Å². The molecule has 0 aliphatic rings. The smallest absolute Gasteiger partial charge is 0.339 e. The third kappa shape index (κ3) is 3.87. The van der Waals surface area contributed by atoms with Crippen LogP contribution in [-0.4, -0.2) is 27.4 Å². The van der Waals surface area contributed by atoms with Gasteiger partial charge in [-0.2, -0.15) is 8.42 Å². The van der Waals surface area contributed by atoms with Gasteiger partial charge in [0, 0.05) is 6.04 Å². The molecule has 0 fully saturated rings. The normalized spacial score (nSPS) is 13.1. The van der Waals surface area contributed by atoms with Crippen molar-refractivity contribution in [2.45, 2.75) is 24.8 Å². The Morgan fingerprint density at radius 1 is 1.05 bits per heavy atom. The number of nitrogens with zero attached hydrogens (tertiary/aromatic N) is 1. The van der Waals surface area contributed by atoms with Gasteiger partial charge in [0.15, 0.2) is 0 Å². The fourth-order valence-corrected chi connectivity index (χ4v) is 2.93. The van der Waals surface area contributed by atoms with Gasteiger partial charge in [-0.3, -0.25) is 0 Å². The second-order valence-corrected chi connectivity index (χ2v) is 7.11. The first kappa shape index (κ1) is 16.5. The Balaban J connectivity index is 2.26. The van der Waals surface area contributed by atoms with Crippen LogP contribution < -0.4 is 4.18 Å². The average molecular weight is 319 g/mol. The van der Waals surface area contributed by atoms with Crippen molar-refractivity contribution in [3.05, 3.63) is 59.7 Å². The maximum absolute atomic E-state index is 12.3. The first-order valence-corrected chi connectivity index (χ1v) is 8.48. The highest BCUT2D eigenvalue weighted by Gasteiger charge is 2.17. The molecule has 0 N–H and O–H groups in total. The van der Waals surface area contributed by atoms with Crippen LogP contribution in [0.5, 0.6) is 5.75 Å². The van der Waals surface area contributed by atoms with Gasteiger partial charge < -0.3 is 9.08 Å². The summed E-state index contributed by atoms with van der Waals surface area (Å²) in [5, 5.41) is 0. The summed E-state index contributed by atoms with van der Waals surface area (Å²) in [6.45, 7) is 3.96. The predicted molar refractivity (Wildman–Crippen MR) is 87.5 cm³/mol. The van der Waals surface area contributed by atoms with Gasteiger partial charge >= 0.3 is 10.1 Å². The van der Waals surface area contributed by atoms with Crippen molar-refractivity contribution in [2.24, 2.45) is 0 Å². The van der Waals surface area contributed by atoms with Crippen molar-refractivity contribution in [3.63, 3.8) is 0 Å². The molecule has 0 unspecified atom stereocenters. The lowest BCUT2D eigenvalue weighted by molar-refractivity contribution is 0.320. The van der Waals surface area contributed by atoms with E-state index in [9.17, 15) is 8.42 Å². The summed E-state index contributed by atoms with van der Waals surface area (Å²) in [5.74, 6) is 0.326. The molecule has 2 rings (SSSR count). The topological polar surface area (TPSA) is 46.6 Å². The Morgan fingerprint density at radius 3 is 2.27 bits per heavy atom. The summed E-state index contributed by atoms with van der Waals surface area (Å²) < 4.78 is 29.8. The number of hydrogen-bond acceptors (Lipinski definition) is 4. The van der Waals surface area contributed by atoms with Crippen molar-refractivity contribution in [1.82, 2.24) is 4.90 Å². The lowest BCUT2D eigenvalue weighted by Gasteiger charge is -2.20. The van der Waals surface area contributed by atoms with Crippen molar-refractivity contribution in [1.29, 1.82) is 0 Å². The summed E-state index contributed by atoms with van der Waals surface area (Å²) in [5.41, 5.74) is 2.00. The van der Waals surface area contributed by atoms with Gasteiger partial charge in [0.1, 0.15) is 10.6 Å². The minimum atomic E-state index is -3.81. The zero-order valence-corrected chi connectivity index (χ0v) is 14.1. The third-order valence-electron chi connectivity index (χ3n) is 3.63. The molecule has 0 aliphatic heterocycles. The van der Waals surface area contributed by atoms with Crippen LogP contribution >= 0.6 is 0 Å². The molecule has 0 aromatic heterocycles. The van der Waals surface area contributed by atoms with Crippen molar-refractivity contribution in [3.8, 4) is 5.75 Å². The SMILES string of the molecule is Cc1ccc(S(=O)(=O)Oc2cccc([C@H](C)N(C)C)c2)cc1. The summed E-state index contributed by atoms with van der Waals surface area (Å²) in [4.78, 5) is 2.21. The van der Waals surface area contributed by atoms with Crippen LogP contribution in [0, 0.1) is 6.92 Å². The number of benzene rings is 2. The van der Waals surface area contributed by atoms with Gasteiger partial charge in [-0.05, 0) is 57.8 Å². The molecule has 2 aromatic carbocycles. The van der Waals surface area contributed by atoms with Gasteiger partial charge in [0.05, 0.1) is 0 Å². The predicted octanol–water partition coefficient (Wildman–Crippen LogP) is 3.39. The number of rotatable bonds is 5. The molecule has 0 saturated carbocycles. The van der Waals surface area contributed by atoms with Gasteiger partial charge in [0.2, 0.25) is 0 Å². The molecule has 0 spiro atoms. The third-order valence-corrected chi connectivity index (χ3v) is 4.89. The lowest BCUT2D eigenvalue weighted by atomic mass is 10.1. The minimum Gasteiger partial charge on any atom is -0.379 e. The molecule has 0 heterocycles. The highest BCUT2D eigenvalue weighted by molar-refractivity contribution is 7.87. The van der Waals surface area contributed by atoms with Gasteiger partial charge in [-0.15, -0.1) is 0 Å². The number of hydrogen-bond donors (Lipinski definition) is 0. The molecular formula is C17H21NO3S. The van der Waals surface area contributed by atoms with Gasteiger partial charge in [0.25, 0.3) is 0 Å². The van der Waals surface area contributed by atoms with E-state index in [1.807, 2.05) is 38.9 Å². The van der Waals surface area contributed by atoms with Crippen molar-refractivity contribution in [2.75, 3.05) is 14.1 Å². The van der Waals surface area contributed by atoms with E-state index >= 15 is 0 Å². The average Bonchev–Trinajstić information content (AvgIpc) is 2.46. The Labute approximate surface area is 132 Å². The van der Waals surface area contributed by atoms with Crippen LogP contribution in [0.4, 0.5) is 0 Å². The molecule has 2 aromatic rings. The van der Waals surface area contributed by atoms with Crippen LogP contribution in [0.3, 0.4) is 0 Å². The molecule has 0 saturated heterocycles. The van der Waals surface area contributed by atoms with E-state index in [2.05, 4.69) is 0 Å². The van der Waals surface area contributed by atoms with E-state index in [-0.39, 0.29) is 10.9 Å². The standard InChI is InChI=1S/C17H21NO3S/c1-13-8-10-17(11-9-13)22(19,20)21-16-7-5-6-15(12-16)14(2)18(3)4/h5-12,14H,1-4H3/t14-/m0/s1. The molecule has 0 bridgehead atoms. The quantitative estimate of drug-likeness (QED) is 0.793. The van der Waals surface area contributed by atoms with Crippen LogP contribution in [0.15, 0.2) is 53.4 Å². The molecule has 5 heteroatoms. The van der Waals surface area contributed by atoms with Crippen LogP contribution in [0.2, 0.25) is 0 Å². The van der Waals surface area contributed by atoms with Crippen molar-refractivity contribution >= 4 is 10.1 Å². The zero-order valence-electron chi connectivity index (χ0n) is 13.3. The molecular weight excluding hydrogens is 298 g/mol. The van der Waals surface area contributed by atoms with Gasteiger partial charge in [-0.1, -0.05) is 29.8 Å². The van der Waals surface area contributed by atoms with E-state index in [0.717, 1.165) is 11.1 Å². The monoisotopic (exact) mass is 319 g/mol. The highest BCUT2D eigenvalue weighted by atomic mass is 32.2. The summed E-state index contributed by atoms with van der Waals surface area (Å²) in [6.07, 6.45) is 0. The highest BCUT2D eigenvalue weighted by Crippen LogP contribution is 2.24. The van der Waals surface area contributed by atoms with Crippen LogP contribution in [0.25, 0.3) is 0 Å². The maximum atomic E-state index is 12.3. The van der Waals surface area contributed by atoms with E-state index in [1.54, 1.807) is 42.5 Å². The first-order valence-electron chi connectivity index (χ1n) is 7.07. The molecule has 0 amide bonds. The van der Waals surface area contributed by atoms with Crippen LogP contribution in [-0.2, 0) is 10.1 Å². The fourth-order valence-electron chi connectivity index (χ4n) is 2.00. The Hall–Kier alpha value is -1.85. The first-order chi connectivity index (χ1) is 10.3. The zero-order chi connectivity index (χ0) is 16.3. The molecule has 4 nitrogen and oxygen atoms in total. The van der Waals surface area contributed by atoms with E-state index in [1.165, 1.54) is 0 Å². The van der Waals surface area contributed by atoms with Gasteiger partial charge in [-0.25, -0.2) is 0 Å². The molecule has 1 atom stereocenters. The Kier molecular flexibility index (Phi) is 4.88. The Bertz CT molecular complexity index is 737. The number of aryl methyl sites for hydroxylation is 1. The minimum absolute atomic E-state index is 0.157. The summed E-state index contributed by atoms with van der Waals surface area (Å²) in [6, 6.07) is 13.9. The molecule has 0 radical (unpaired) electrons.